The highest BCUT2D eigenvalue weighted by Gasteiger charge is 2.03. The van der Waals surface area contributed by atoms with Gasteiger partial charge in [-0.1, -0.05) is 30.3 Å². The number of hydrogen-bond acceptors (Lipinski definition) is 3. The summed E-state index contributed by atoms with van der Waals surface area (Å²) < 4.78 is 0. The molecule has 0 bridgehead atoms. The third kappa shape index (κ3) is 5.23. The second-order valence-electron chi connectivity index (χ2n) is 5.05. The molecule has 2 aromatic rings. The number of alkyl halides is 1. The molecule has 0 spiro atoms. The average Bonchev–Trinajstić information content (AvgIpc) is 2.93. The SMILES string of the molecule is CN(CCCCc1nc(CCl)cs1)Cc1ccccc1. The Morgan fingerprint density at radius 1 is 1.20 bits per heavy atom. The number of nitrogens with zero attached hydrogens (tertiary/aromatic N) is 2. The topological polar surface area (TPSA) is 16.1 Å². The van der Waals surface area contributed by atoms with Crippen LogP contribution in [0.5, 0.6) is 0 Å². The molecule has 1 heterocycles. The molecule has 0 atom stereocenters. The number of aryl methyl sites for hydroxylation is 1. The minimum atomic E-state index is 0.524. The number of benzene rings is 1. The van der Waals surface area contributed by atoms with Gasteiger partial charge >= 0.3 is 0 Å². The van der Waals surface area contributed by atoms with Crippen molar-refractivity contribution in [1.29, 1.82) is 0 Å². The maximum absolute atomic E-state index is 5.76. The van der Waals surface area contributed by atoms with Crippen LogP contribution < -0.4 is 0 Å². The molecule has 0 fully saturated rings. The van der Waals surface area contributed by atoms with E-state index in [1.54, 1.807) is 11.3 Å². The van der Waals surface area contributed by atoms with E-state index in [0.717, 1.165) is 25.2 Å². The van der Waals surface area contributed by atoms with Gasteiger partial charge in [0.25, 0.3) is 0 Å². The Morgan fingerprint density at radius 3 is 2.70 bits per heavy atom. The number of thiazole rings is 1. The van der Waals surface area contributed by atoms with Gasteiger partial charge in [0.1, 0.15) is 0 Å². The summed E-state index contributed by atoms with van der Waals surface area (Å²) >= 11 is 7.48. The summed E-state index contributed by atoms with van der Waals surface area (Å²) in [7, 11) is 2.18. The van der Waals surface area contributed by atoms with E-state index in [1.807, 2.05) is 0 Å². The second kappa shape index (κ2) is 8.40. The maximum Gasteiger partial charge on any atom is 0.0928 e. The van der Waals surface area contributed by atoms with Gasteiger partial charge < -0.3 is 4.90 Å². The van der Waals surface area contributed by atoms with Crippen molar-refractivity contribution in [2.24, 2.45) is 0 Å². The van der Waals surface area contributed by atoms with Crippen molar-refractivity contribution in [1.82, 2.24) is 9.88 Å². The van der Waals surface area contributed by atoms with Crippen molar-refractivity contribution in [2.75, 3.05) is 13.6 Å². The molecule has 0 saturated heterocycles. The normalized spacial score (nSPS) is 11.2. The molecule has 108 valence electrons. The van der Waals surface area contributed by atoms with Crippen LogP contribution in [-0.2, 0) is 18.8 Å². The molecule has 0 aliphatic carbocycles. The van der Waals surface area contributed by atoms with E-state index in [1.165, 1.54) is 23.4 Å². The molecule has 0 aliphatic heterocycles. The summed E-state index contributed by atoms with van der Waals surface area (Å²) in [6.07, 6.45) is 3.47. The van der Waals surface area contributed by atoms with Gasteiger partial charge in [-0.15, -0.1) is 22.9 Å². The first-order chi connectivity index (χ1) is 9.78. The molecule has 1 aromatic carbocycles. The lowest BCUT2D eigenvalue weighted by atomic mass is 10.2. The van der Waals surface area contributed by atoms with Crippen LogP contribution in [-0.4, -0.2) is 23.5 Å². The van der Waals surface area contributed by atoms with Gasteiger partial charge in [0.2, 0.25) is 0 Å². The first-order valence-corrected chi connectivity index (χ1v) is 8.41. The fourth-order valence-electron chi connectivity index (χ4n) is 2.16. The monoisotopic (exact) mass is 308 g/mol. The molecular weight excluding hydrogens is 288 g/mol. The molecule has 2 nitrogen and oxygen atoms in total. The maximum atomic E-state index is 5.76. The molecular formula is C16H21ClN2S. The lowest BCUT2D eigenvalue weighted by molar-refractivity contribution is 0.318. The van der Waals surface area contributed by atoms with Gasteiger partial charge in [0, 0.05) is 11.9 Å². The van der Waals surface area contributed by atoms with Crippen molar-refractivity contribution in [3.63, 3.8) is 0 Å². The van der Waals surface area contributed by atoms with Gasteiger partial charge in [0.15, 0.2) is 0 Å². The van der Waals surface area contributed by atoms with Gasteiger partial charge in [-0.25, -0.2) is 4.98 Å². The molecule has 0 aliphatic rings. The van der Waals surface area contributed by atoms with E-state index in [-0.39, 0.29) is 0 Å². The fraction of sp³-hybridized carbons (Fsp3) is 0.438. The quantitative estimate of drug-likeness (QED) is 0.533. The van der Waals surface area contributed by atoms with Crippen LogP contribution in [0.15, 0.2) is 35.7 Å². The van der Waals surface area contributed by atoms with Gasteiger partial charge in [-0.05, 0) is 38.4 Å². The smallest absolute Gasteiger partial charge is 0.0928 e. The predicted octanol–water partition coefficient (Wildman–Crippen LogP) is 4.34. The molecule has 0 unspecified atom stereocenters. The third-order valence-electron chi connectivity index (χ3n) is 3.21. The molecule has 4 heteroatoms. The summed E-state index contributed by atoms with van der Waals surface area (Å²) in [6.45, 7) is 2.15. The van der Waals surface area contributed by atoms with Crippen molar-refractivity contribution in [2.45, 2.75) is 31.7 Å². The zero-order valence-electron chi connectivity index (χ0n) is 11.9. The summed E-state index contributed by atoms with van der Waals surface area (Å²) in [5, 5.41) is 3.27. The highest BCUT2D eigenvalue weighted by molar-refractivity contribution is 7.09. The minimum absolute atomic E-state index is 0.524. The zero-order valence-corrected chi connectivity index (χ0v) is 13.5. The summed E-state index contributed by atoms with van der Waals surface area (Å²) in [5.74, 6) is 0.524. The van der Waals surface area contributed by atoms with Crippen LogP contribution in [0.2, 0.25) is 0 Å². The average molecular weight is 309 g/mol. The lowest BCUT2D eigenvalue weighted by Crippen LogP contribution is -2.19. The Labute approximate surface area is 130 Å². The molecule has 0 saturated carbocycles. The van der Waals surface area contributed by atoms with E-state index >= 15 is 0 Å². The highest BCUT2D eigenvalue weighted by Crippen LogP contribution is 2.14. The van der Waals surface area contributed by atoms with Crippen LogP contribution in [0.3, 0.4) is 0 Å². The van der Waals surface area contributed by atoms with Crippen molar-refractivity contribution < 1.29 is 0 Å². The molecule has 0 radical (unpaired) electrons. The molecule has 2 rings (SSSR count). The van der Waals surface area contributed by atoms with Crippen molar-refractivity contribution >= 4 is 22.9 Å². The molecule has 0 amide bonds. The van der Waals surface area contributed by atoms with Crippen LogP contribution in [0, 0.1) is 0 Å². The summed E-state index contributed by atoms with van der Waals surface area (Å²) in [5.41, 5.74) is 2.38. The molecule has 20 heavy (non-hydrogen) atoms. The molecule has 1 aromatic heterocycles. The number of rotatable bonds is 8. The number of unbranched alkanes of at least 4 members (excludes halogenated alkanes) is 1. The van der Waals surface area contributed by atoms with E-state index in [0.29, 0.717) is 5.88 Å². The molecule has 0 N–H and O–H groups in total. The van der Waals surface area contributed by atoms with Crippen LogP contribution in [0.25, 0.3) is 0 Å². The second-order valence-corrected chi connectivity index (χ2v) is 6.26. The minimum Gasteiger partial charge on any atom is -0.302 e. The summed E-state index contributed by atoms with van der Waals surface area (Å²) in [6, 6.07) is 10.6. The van der Waals surface area contributed by atoms with E-state index < -0.39 is 0 Å². The number of hydrogen-bond donors (Lipinski definition) is 0. The van der Waals surface area contributed by atoms with Gasteiger partial charge in [0.05, 0.1) is 16.6 Å². The zero-order chi connectivity index (χ0) is 14.2. The predicted molar refractivity (Wildman–Crippen MR) is 87.4 cm³/mol. The first kappa shape index (κ1) is 15.5. The van der Waals surface area contributed by atoms with Crippen molar-refractivity contribution in [3.8, 4) is 0 Å². The standard InChI is InChI=1S/C16H21ClN2S/c1-19(12-14-7-3-2-4-8-14)10-6-5-9-16-18-15(11-17)13-20-16/h2-4,7-8,13H,5-6,9-12H2,1H3. The van der Waals surface area contributed by atoms with E-state index in [4.69, 9.17) is 11.6 Å². The Bertz CT molecular complexity index is 498. The lowest BCUT2D eigenvalue weighted by Gasteiger charge is -2.16. The Morgan fingerprint density at radius 2 is 2.00 bits per heavy atom. The number of halogens is 1. The fourth-order valence-corrected chi connectivity index (χ4v) is 3.23. The van der Waals surface area contributed by atoms with Crippen LogP contribution >= 0.6 is 22.9 Å². The Hall–Kier alpha value is -0.900. The number of aromatic nitrogens is 1. The van der Waals surface area contributed by atoms with E-state index in [9.17, 15) is 0 Å². The Balaban J connectivity index is 1.63. The largest absolute Gasteiger partial charge is 0.302 e. The summed E-state index contributed by atoms with van der Waals surface area (Å²) in [4.78, 5) is 6.86. The van der Waals surface area contributed by atoms with E-state index in [2.05, 4.69) is 52.6 Å². The van der Waals surface area contributed by atoms with Crippen LogP contribution in [0.4, 0.5) is 0 Å². The van der Waals surface area contributed by atoms with Gasteiger partial charge in [-0.2, -0.15) is 0 Å². The first-order valence-electron chi connectivity index (χ1n) is 6.99. The highest BCUT2D eigenvalue weighted by atomic mass is 35.5. The third-order valence-corrected chi connectivity index (χ3v) is 4.44. The Kier molecular flexibility index (Phi) is 6.51. The van der Waals surface area contributed by atoms with Gasteiger partial charge in [-0.3, -0.25) is 0 Å². The van der Waals surface area contributed by atoms with Crippen molar-refractivity contribution in [3.05, 3.63) is 52.0 Å². The van der Waals surface area contributed by atoms with Crippen LogP contribution in [0.1, 0.15) is 29.1 Å².